The number of aliphatic hydroxyl groups is 1. The standard InChI is InChI=1S/C20H20N2O4/c1-13-19(14(2)26-22-13)12-25-18-8-4-6-16(10-18)20(24)21-17-7-3-5-15(9-17)11-23/h3-10,23H,11-12H2,1-2H3,(H,21,24). The van der Waals surface area contributed by atoms with Crippen molar-refractivity contribution in [2.24, 2.45) is 0 Å². The van der Waals surface area contributed by atoms with Crippen molar-refractivity contribution < 1.29 is 19.2 Å². The van der Waals surface area contributed by atoms with Gasteiger partial charge in [0, 0.05) is 11.3 Å². The first-order valence-electron chi connectivity index (χ1n) is 8.22. The first-order valence-corrected chi connectivity index (χ1v) is 8.22. The molecule has 6 nitrogen and oxygen atoms in total. The summed E-state index contributed by atoms with van der Waals surface area (Å²) in [5.74, 6) is 1.06. The third-order valence-electron chi connectivity index (χ3n) is 4.03. The molecule has 0 aliphatic heterocycles. The van der Waals surface area contributed by atoms with Gasteiger partial charge in [0.15, 0.2) is 0 Å². The van der Waals surface area contributed by atoms with Crippen LogP contribution >= 0.6 is 0 Å². The van der Waals surface area contributed by atoms with E-state index in [-0.39, 0.29) is 12.5 Å². The van der Waals surface area contributed by atoms with Crippen molar-refractivity contribution in [2.75, 3.05) is 5.32 Å². The predicted molar refractivity (Wildman–Crippen MR) is 97.1 cm³/mol. The molecule has 3 rings (SSSR count). The highest BCUT2D eigenvalue weighted by molar-refractivity contribution is 6.04. The molecule has 3 aromatic rings. The minimum Gasteiger partial charge on any atom is -0.489 e. The van der Waals surface area contributed by atoms with E-state index in [1.54, 1.807) is 48.5 Å². The van der Waals surface area contributed by atoms with Crippen LogP contribution in [0.15, 0.2) is 53.1 Å². The van der Waals surface area contributed by atoms with Crippen molar-refractivity contribution in [3.63, 3.8) is 0 Å². The summed E-state index contributed by atoms with van der Waals surface area (Å²) in [4.78, 5) is 12.5. The van der Waals surface area contributed by atoms with E-state index in [2.05, 4.69) is 10.5 Å². The number of hydrogen-bond donors (Lipinski definition) is 2. The molecule has 2 aromatic carbocycles. The molecule has 6 heteroatoms. The van der Waals surface area contributed by atoms with Crippen LogP contribution in [0.25, 0.3) is 0 Å². The van der Waals surface area contributed by atoms with E-state index in [0.29, 0.717) is 23.6 Å². The second kappa shape index (κ2) is 7.84. The van der Waals surface area contributed by atoms with Crippen molar-refractivity contribution in [3.8, 4) is 5.75 Å². The van der Waals surface area contributed by atoms with E-state index in [9.17, 15) is 9.90 Å². The number of aromatic nitrogens is 1. The van der Waals surface area contributed by atoms with Gasteiger partial charge in [-0.3, -0.25) is 4.79 Å². The van der Waals surface area contributed by atoms with E-state index in [4.69, 9.17) is 9.26 Å². The number of anilines is 1. The maximum Gasteiger partial charge on any atom is 0.255 e. The van der Waals surface area contributed by atoms with Gasteiger partial charge in [-0.05, 0) is 49.7 Å². The van der Waals surface area contributed by atoms with Crippen LogP contribution in [0.3, 0.4) is 0 Å². The topological polar surface area (TPSA) is 84.6 Å². The number of amides is 1. The lowest BCUT2D eigenvalue weighted by molar-refractivity contribution is 0.102. The van der Waals surface area contributed by atoms with Crippen LogP contribution < -0.4 is 10.1 Å². The second-order valence-electron chi connectivity index (χ2n) is 5.93. The molecular formula is C20H20N2O4. The van der Waals surface area contributed by atoms with Crippen LogP contribution in [0.1, 0.15) is 32.9 Å². The SMILES string of the molecule is Cc1noc(C)c1COc1cccc(C(=O)Nc2cccc(CO)c2)c1. The molecule has 1 heterocycles. The Kier molecular flexibility index (Phi) is 5.34. The summed E-state index contributed by atoms with van der Waals surface area (Å²) in [6.07, 6.45) is 0. The summed E-state index contributed by atoms with van der Waals surface area (Å²) in [5.41, 5.74) is 3.54. The monoisotopic (exact) mass is 352 g/mol. The number of aliphatic hydroxyl groups excluding tert-OH is 1. The summed E-state index contributed by atoms with van der Waals surface area (Å²) < 4.78 is 10.9. The molecule has 0 saturated carbocycles. The fourth-order valence-electron chi connectivity index (χ4n) is 2.54. The normalized spacial score (nSPS) is 10.6. The van der Waals surface area contributed by atoms with Crippen LogP contribution in [-0.2, 0) is 13.2 Å². The Morgan fingerprint density at radius 2 is 2.00 bits per heavy atom. The lowest BCUT2D eigenvalue weighted by Crippen LogP contribution is -2.12. The van der Waals surface area contributed by atoms with Crippen molar-refractivity contribution in [1.82, 2.24) is 5.16 Å². The Morgan fingerprint density at radius 1 is 1.19 bits per heavy atom. The highest BCUT2D eigenvalue weighted by atomic mass is 16.5. The maximum atomic E-state index is 12.5. The zero-order valence-corrected chi connectivity index (χ0v) is 14.7. The number of carbonyl (C=O) groups excluding carboxylic acids is 1. The molecule has 0 aliphatic rings. The first-order chi connectivity index (χ1) is 12.6. The Labute approximate surface area is 151 Å². The molecule has 0 radical (unpaired) electrons. The quantitative estimate of drug-likeness (QED) is 0.708. The Hall–Kier alpha value is -3.12. The third-order valence-corrected chi connectivity index (χ3v) is 4.03. The summed E-state index contributed by atoms with van der Waals surface area (Å²) in [6.45, 7) is 3.95. The molecule has 0 saturated heterocycles. The van der Waals surface area contributed by atoms with E-state index in [1.807, 2.05) is 13.8 Å². The Morgan fingerprint density at radius 3 is 2.73 bits per heavy atom. The highest BCUT2D eigenvalue weighted by Gasteiger charge is 2.11. The van der Waals surface area contributed by atoms with Crippen LogP contribution in [0.4, 0.5) is 5.69 Å². The maximum absolute atomic E-state index is 12.5. The van der Waals surface area contributed by atoms with Crippen LogP contribution in [-0.4, -0.2) is 16.2 Å². The number of hydrogen-bond acceptors (Lipinski definition) is 5. The number of ether oxygens (including phenoxy) is 1. The fraction of sp³-hybridized carbons (Fsp3) is 0.200. The zero-order chi connectivity index (χ0) is 18.5. The fourth-order valence-corrected chi connectivity index (χ4v) is 2.54. The van der Waals surface area contributed by atoms with Gasteiger partial charge in [-0.15, -0.1) is 0 Å². The predicted octanol–water partition coefficient (Wildman–Crippen LogP) is 3.62. The first kappa shape index (κ1) is 17.7. The third kappa shape index (κ3) is 4.10. The van der Waals surface area contributed by atoms with Gasteiger partial charge in [-0.25, -0.2) is 0 Å². The summed E-state index contributed by atoms with van der Waals surface area (Å²) in [5, 5.41) is 15.9. The van der Waals surface area contributed by atoms with Crippen molar-refractivity contribution in [1.29, 1.82) is 0 Å². The molecule has 0 fully saturated rings. The van der Waals surface area contributed by atoms with E-state index in [1.165, 1.54) is 0 Å². The minimum atomic E-state index is -0.247. The number of carbonyl (C=O) groups is 1. The lowest BCUT2D eigenvalue weighted by atomic mass is 10.1. The second-order valence-corrected chi connectivity index (χ2v) is 5.93. The van der Waals surface area contributed by atoms with Gasteiger partial charge in [-0.2, -0.15) is 0 Å². The van der Waals surface area contributed by atoms with E-state index in [0.717, 1.165) is 22.6 Å². The molecule has 0 aliphatic carbocycles. The van der Waals surface area contributed by atoms with E-state index < -0.39 is 0 Å². The smallest absolute Gasteiger partial charge is 0.255 e. The molecule has 0 unspecified atom stereocenters. The van der Waals surface area contributed by atoms with Crippen LogP contribution in [0, 0.1) is 13.8 Å². The largest absolute Gasteiger partial charge is 0.489 e. The summed E-state index contributed by atoms with van der Waals surface area (Å²) in [7, 11) is 0. The number of aryl methyl sites for hydroxylation is 2. The molecule has 1 aromatic heterocycles. The van der Waals surface area contributed by atoms with Gasteiger partial charge in [0.2, 0.25) is 0 Å². The molecule has 2 N–H and O–H groups in total. The average molecular weight is 352 g/mol. The highest BCUT2D eigenvalue weighted by Crippen LogP contribution is 2.19. The van der Waals surface area contributed by atoms with Gasteiger partial charge >= 0.3 is 0 Å². The van der Waals surface area contributed by atoms with Gasteiger partial charge in [-0.1, -0.05) is 23.4 Å². The van der Waals surface area contributed by atoms with Gasteiger partial charge in [0.25, 0.3) is 5.91 Å². The van der Waals surface area contributed by atoms with E-state index >= 15 is 0 Å². The van der Waals surface area contributed by atoms with Crippen molar-refractivity contribution in [2.45, 2.75) is 27.1 Å². The van der Waals surface area contributed by atoms with Gasteiger partial charge in [0.05, 0.1) is 17.9 Å². The molecule has 0 spiro atoms. The molecule has 0 bridgehead atoms. The number of nitrogens with one attached hydrogen (secondary N) is 1. The summed E-state index contributed by atoms with van der Waals surface area (Å²) in [6, 6.07) is 14.0. The molecular weight excluding hydrogens is 332 g/mol. The van der Waals surface area contributed by atoms with Crippen LogP contribution in [0.5, 0.6) is 5.75 Å². The number of rotatable bonds is 6. The van der Waals surface area contributed by atoms with Crippen molar-refractivity contribution >= 4 is 11.6 Å². The minimum absolute atomic E-state index is 0.0747. The zero-order valence-electron chi connectivity index (χ0n) is 14.7. The Balaban J connectivity index is 1.69. The Bertz CT molecular complexity index is 898. The van der Waals surface area contributed by atoms with Gasteiger partial charge < -0.3 is 19.7 Å². The van der Waals surface area contributed by atoms with Crippen molar-refractivity contribution in [3.05, 3.63) is 76.7 Å². The average Bonchev–Trinajstić information content (AvgIpc) is 2.98. The number of benzene rings is 2. The molecule has 26 heavy (non-hydrogen) atoms. The lowest BCUT2D eigenvalue weighted by Gasteiger charge is -2.09. The van der Waals surface area contributed by atoms with Crippen LogP contribution in [0.2, 0.25) is 0 Å². The molecule has 0 atom stereocenters. The van der Waals surface area contributed by atoms with Gasteiger partial charge in [0.1, 0.15) is 18.1 Å². The molecule has 134 valence electrons. The number of nitrogens with zero attached hydrogens (tertiary/aromatic N) is 1. The summed E-state index contributed by atoms with van der Waals surface area (Å²) >= 11 is 0. The molecule has 1 amide bonds.